The second-order valence-corrected chi connectivity index (χ2v) is 5.07. The molecule has 6 heteroatoms. The molecule has 0 saturated carbocycles. The van der Waals surface area contributed by atoms with Gasteiger partial charge in [0.2, 0.25) is 0 Å². The van der Waals surface area contributed by atoms with Crippen LogP contribution < -0.4 is 0 Å². The van der Waals surface area contributed by atoms with Crippen molar-refractivity contribution in [1.82, 2.24) is 9.97 Å². The minimum atomic E-state index is -0.424. The molecule has 6 nitrogen and oxygen atoms in total. The van der Waals surface area contributed by atoms with E-state index in [-0.39, 0.29) is 5.69 Å². The number of benzene rings is 2. The van der Waals surface area contributed by atoms with Crippen molar-refractivity contribution in [2.24, 2.45) is 0 Å². The molecule has 1 N–H and O–H groups in total. The van der Waals surface area contributed by atoms with E-state index in [9.17, 15) is 10.1 Å². The Morgan fingerprint density at radius 1 is 1.00 bits per heavy atom. The van der Waals surface area contributed by atoms with Crippen LogP contribution >= 0.6 is 0 Å². The smallest absolute Gasteiger partial charge is 0.270 e. The molecule has 4 rings (SSSR count). The summed E-state index contributed by atoms with van der Waals surface area (Å²) in [6.45, 7) is 0. The van der Waals surface area contributed by atoms with Crippen LogP contribution in [0.2, 0.25) is 0 Å². The van der Waals surface area contributed by atoms with Gasteiger partial charge in [-0.05, 0) is 24.3 Å². The number of para-hydroxylation sites is 2. The number of nitrogens with zero attached hydrogens (tertiary/aromatic N) is 2. The zero-order valence-corrected chi connectivity index (χ0v) is 11.9. The summed E-state index contributed by atoms with van der Waals surface area (Å²) < 4.78 is 5.80. The third-order valence-corrected chi connectivity index (χ3v) is 3.57. The Balaban J connectivity index is 1.74. The Morgan fingerprint density at radius 2 is 1.83 bits per heavy atom. The predicted molar refractivity (Wildman–Crippen MR) is 85.9 cm³/mol. The largest absolute Gasteiger partial charge is 0.453 e. The van der Waals surface area contributed by atoms with Crippen molar-refractivity contribution >= 4 is 16.7 Å². The second-order valence-electron chi connectivity index (χ2n) is 5.07. The standard InChI is InChI=1S/C17H11N3O3/c21-20(22)12-5-3-4-11(10-12)15-8-9-16(23-15)17-18-13-6-1-2-7-14(13)19-17/h1-10H,(H,18,19). The fourth-order valence-electron chi connectivity index (χ4n) is 2.46. The van der Waals surface area contributed by atoms with Crippen molar-refractivity contribution in [3.05, 3.63) is 70.8 Å². The summed E-state index contributed by atoms with van der Waals surface area (Å²) in [5.41, 5.74) is 2.47. The minimum absolute atomic E-state index is 0.0317. The Morgan fingerprint density at radius 3 is 2.65 bits per heavy atom. The van der Waals surface area contributed by atoms with E-state index in [4.69, 9.17) is 4.42 Å². The Hall–Kier alpha value is -3.41. The quantitative estimate of drug-likeness (QED) is 0.449. The molecular formula is C17H11N3O3. The van der Waals surface area contributed by atoms with Crippen molar-refractivity contribution in [1.29, 1.82) is 0 Å². The van der Waals surface area contributed by atoms with E-state index in [2.05, 4.69) is 9.97 Å². The van der Waals surface area contributed by atoms with Crippen LogP contribution in [0.5, 0.6) is 0 Å². The van der Waals surface area contributed by atoms with E-state index in [1.807, 2.05) is 24.3 Å². The van der Waals surface area contributed by atoms with Gasteiger partial charge in [-0.15, -0.1) is 0 Å². The Bertz CT molecular complexity index is 984. The van der Waals surface area contributed by atoms with E-state index in [1.54, 1.807) is 24.3 Å². The monoisotopic (exact) mass is 305 g/mol. The van der Waals surface area contributed by atoms with Crippen LogP contribution in [0.15, 0.2) is 65.1 Å². The number of rotatable bonds is 3. The molecule has 23 heavy (non-hydrogen) atoms. The number of aromatic nitrogens is 2. The molecule has 2 aromatic carbocycles. The van der Waals surface area contributed by atoms with Crippen molar-refractivity contribution in [2.75, 3.05) is 0 Å². The lowest BCUT2D eigenvalue weighted by molar-refractivity contribution is -0.384. The number of imidazole rings is 1. The number of aromatic amines is 1. The summed E-state index contributed by atoms with van der Waals surface area (Å²) in [7, 11) is 0. The fraction of sp³-hybridized carbons (Fsp3) is 0. The highest BCUT2D eigenvalue weighted by Gasteiger charge is 2.13. The molecule has 0 amide bonds. The van der Waals surface area contributed by atoms with Crippen LogP contribution in [0.25, 0.3) is 33.9 Å². The number of hydrogen-bond acceptors (Lipinski definition) is 4. The number of nitro groups is 1. The number of hydrogen-bond donors (Lipinski definition) is 1. The van der Waals surface area contributed by atoms with Crippen LogP contribution in [-0.2, 0) is 0 Å². The lowest BCUT2D eigenvalue weighted by Crippen LogP contribution is -1.87. The SMILES string of the molecule is O=[N+]([O-])c1cccc(-c2ccc(-c3nc4ccccc4[nH]3)o2)c1. The molecule has 0 radical (unpaired) electrons. The molecule has 2 heterocycles. The zero-order chi connectivity index (χ0) is 15.8. The van der Waals surface area contributed by atoms with E-state index >= 15 is 0 Å². The topological polar surface area (TPSA) is 85.0 Å². The minimum Gasteiger partial charge on any atom is -0.453 e. The number of H-pyrrole nitrogens is 1. The van der Waals surface area contributed by atoms with Gasteiger partial charge < -0.3 is 9.40 Å². The number of nitrogens with one attached hydrogen (secondary N) is 1. The summed E-state index contributed by atoms with van der Waals surface area (Å²) in [5, 5.41) is 10.9. The van der Waals surface area contributed by atoms with Crippen LogP contribution in [0.4, 0.5) is 5.69 Å². The van der Waals surface area contributed by atoms with Gasteiger partial charge in [0.25, 0.3) is 5.69 Å². The third kappa shape index (κ3) is 2.36. The fourth-order valence-corrected chi connectivity index (χ4v) is 2.46. The number of non-ortho nitro benzene ring substituents is 1. The summed E-state index contributed by atoms with van der Waals surface area (Å²) in [6.07, 6.45) is 0. The van der Waals surface area contributed by atoms with Gasteiger partial charge in [0.1, 0.15) is 5.76 Å². The molecular weight excluding hydrogens is 294 g/mol. The van der Waals surface area contributed by atoms with Crippen LogP contribution in [0, 0.1) is 10.1 Å². The van der Waals surface area contributed by atoms with E-state index in [0.717, 1.165) is 11.0 Å². The van der Waals surface area contributed by atoms with E-state index in [1.165, 1.54) is 12.1 Å². The van der Waals surface area contributed by atoms with Crippen molar-refractivity contribution in [3.63, 3.8) is 0 Å². The van der Waals surface area contributed by atoms with Gasteiger partial charge in [0, 0.05) is 17.7 Å². The normalized spacial score (nSPS) is 11.0. The molecule has 0 atom stereocenters. The highest BCUT2D eigenvalue weighted by Crippen LogP contribution is 2.29. The van der Waals surface area contributed by atoms with Crippen LogP contribution in [0.3, 0.4) is 0 Å². The Kier molecular flexibility index (Phi) is 2.94. The molecule has 0 spiro atoms. The number of fused-ring (bicyclic) bond motifs is 1. The van der Waals surface area contributed by atoms with Crippen molar-refractivity contribution < 1.29 is 9.34 Å². The maximum Gasteiger partial charge on any atom is 0.270 e. The summed E-state index contributed by atoms with van der Waals surface area (Å²) >= 11 is 0. The first-order valence-corrected chi connectivity index (χ1v) is 7.00. The van der Waals surface area contributed by atoms with Crippen LogP contribution in [-0.4, -0.2) is 14.9 Å². The predicted octanol–water partition coefficient (Wildman–Crippen LogP) is 4.40. The number of furan rings is 1. The molecule has 0 bridgehead atoms. The van der Waals surface area contributed by atoms with Gasteiger partial charge >= 0.3 is 0 Å². The molecule has 0 unspecified atom stereocenters. The highest BCUT2D eigenvalue weighted by atomic mass is 16.6. The highest BCUT2D eigenvalue weighted by molar-refractivity contribution is 5.78. The average Bonchev–Trinajstić information content (AvgIpc) is 3.21. The van der Waals surface area contributed by atoms with Gasteiger partial charge in [0.05, 0.1) is 16.0 Å². The summed E-state index contributed by atoms with van der Waals surface area (Å²) in [5.74, 6) is 1.77. The first-order valence-electron chi connectivity index (χ1n) is 7.00. The van der Waals surface area contributed by atoms with Crippen molar-refractivity contribution in [2.45, 2.75) is 0 Å². The van der Waals surface area contributed by atoms with Gasteiger partial charge in [-0.3, -0.25) is 10.1 Å². The number of nitro benzene ring substituents is 1. The molecule has 4 aromatic rings. The lowest BCUT2D eigenvalue weighted by Gasteiger charge is -1.97. The molecule has 2 aromatic heterocycles. The summed E-state index contributed by atoms with van der Waals surface area (Å²) in [4.78, 5) is 18.1. The molecule has 0 saturated heterocycles. The maximum absolute atomic E-state index is 10.9. The van der Waals surface area contributed by atoms with Crippen LogP contribution in [0.1, 0.15) is 0 Å². The summed E-state index contributed by atoms with van der Waals surface area (Å²) in [6, 6.07) is 17.6. The van der Waals surface area contributed by atoms with Gasteiger partial charge in [-0.1, -0.05) is 24.3 Å². The Labute approximate surface area is 130 Å². The lowest BCUT2D eigenvalue weighted by atomic mass is 10.1. The first kappa shape index (κ1) is 13.3. The third-order valence-electron chi connectivity index (χ3n) is 3.57. The molecule has 112 valence electrons. The van der Waals surface area contributed by atoms with Crippen molar-refractivity contribution in [3.8, 4) is 22.9 Å². The van der Waals surface area contributed by atoms with E-state index < -0.39 is 4.92 Å². The van der Waals surface area contributed by atoms with E-state index in [0.29, 0.717) is 22.9 Å². The van der Waals surface area contributed by atoms with Gasteiger partial charge in [-0.25, -0.2) is 4.98 Å². The maximum atomic E-state index is 10.9. The zero-order valence-electron chi connectivity index (χ0n) is 11.9. The van der Waals surface area contributed by atoms with Gasteiger partial charge in [0.15, 0.2) is 11.6 Å². The molecule has 0 aliphatic heterocycles. The second kappa shape index (κ2) is 5.10. The first-order chi connectivity index (χ1) is 11.2. The molecule has 0 aliphatic rings. The molecule has 0 fully saturated rings. The van der Waals surface area contributed by atoms with Gasteiger partial charge in [-0.2, -0.15) is 0 Å². The average molecular weight is 305 g/mol. The molecule has 0 aliphatic carbocycles.